The number of hydrogen-bond acceptors (Lipinski definition) is 18. The number of primary amides is 1. The van der Waals surface area contributed by atoms with Crippen LogP contribution < -0.4 is 39.7 Å². The molecule has 12 amide bonds. The maximum atomic E-state index is 16.0. The summed E-state index contributed by atoms with van der Waals surface area (Å²) in [5.74, 6) is -7.21. The lowest BCUT2D eigenvalue weighted by molar-refractivity contribution is -0.151. The third-order valence-corrected chi connectivity index (χ3v) is 25.2. The summed E-state index contributed by atoms with van der Waals surface area (Å²) in [7, 11) is 0. The Labute approximate surface area is 800 Å². The third kappa shape index (κ3) is 32.4. The Morgan fingerprint density at radius 1 is 0.265 bits per heavy atom. The van der Waals surface area contributed by atoms with Crippen molar-refractivity contribution in [1.82, 2.24) is 69.2 Å². The molecule has 2 aromatic heterocycles. The van der Waals surface area contributed by atoms with Crippen molar-refractivity contribution in [2.24, 2.45) is 34.4 Å². The van der Waals surface area contributed by atoms with Crippen molar-refractivity contribution in [1.29, 1.82) is 0 Å². The van der Waals surface area contributed by atoms with Crippen LogP contribution in [0.1, 0.15) is 168 Å². The molecule has 2 heterocycles. The van der Waals surface area contributed by atoms with E-state index in [2.05, 4.69) is 15.3 Å². The number of unbranched alkanes of at least 4 members (excludes halogenated alkanes) is 5. The fourth-order valence-corrected chi connectivity index (χ4v) is 16.9. The van der Waals surface area contributed by atoms with Crippen LogP contribution in [0.15, 0.2) is 213 Å². The number of nitrogens with one attached hydrogen (secondary N) is 3. The van der Waals surface area contributed by atoms with Gasteiger partial charge in [-0.05, 0) is 202 Å². The summed E-state index contributed by atoms with van der Waals surface area (Å²) in [4.78, 5) is 204. The Hall–Kier alpha value is -13.0. The first-order valence-electron chi connectivity index (χ1n) is 47.8. The van der Waals surface area contributed by atoms with E-state index in [1.54, 1.807) is 95.3 Å². The minimum atomic E-state index is -0.844. The summed E-state index contributed by atoms with van der Waals surface area (Å²) in [5, 5.41) is 5.15. The zero-order valence-electron chi connectivity index (χ0n) is 79.8. The number of fused-ring (bicyclic) bond motifs is 2. The summed E-state index contributed by atoms with van der Waals surface area (Å²) in [5.41, 5.74) is 43.0. The molecule has 9 aromatic rings. The Morgan fingerprint density at radius 2 is 0.493 bits per heavy atom. The lowest BCUT2D eigenvalue weighted by Crippen LogP contribution is -2.53. The molecule has 32 heteroatoms. The SMILES string of the molecule is C[C@@H](c1ccccc1)N(CC(N)=O)C(=O)CN(C(=O)CN(CCCCN)C(=O)CN(C(=O)CN(CCCCN)C(=O)CN(CCCCN)C(=O)CN(C(=O)CN(C(=O)CN(CCCCN)C(=O)CN(CCc1c[nH]c2ccccc12)C(=O)CN(CCc1c[nH]c2ccccc12)C(=O)CNCCCCN)[C@@H](C)c1ccccc1)[C@@H](C)c1ccccc1)[C@@H](C)c1ccccc1)[C@@H](C)c1ccccc1. The highest BCUT2D eigenvalue weighted by molar-refractivity contribution is 5.96. The minimum absolute atomic E-state index is 0.0102. The number of benzene rings is 7. The van der Waals surface area contributed by atoms with Crippen molar-refractivity contribution >= 4 is 92.7 Å². The van der Waals surface area contributed by atoms with Crippen LogP contribution in [0.3, 0.4) is 0 Å². The van der Waals surface area contributed by atoms with E-state index in [9.17, 15) is 14.4 Å². The van der Waals surface area contributed by atoms with Gasteiger partial charge in [0.15, 0.2) is 0 Å². The zero-order valence-corrected chi connectivity index (χ0v) is 79.8. The lowest BCUT2D eigenvalue weighted by atomic mass is 10.1. The molecule has 0 radical (unpaired) electrons. The Balaban J connectivity index is 0.993. The van der Waals surface area contributed by atoms with Crippen LogP contribution in [-0.4, -0.2) is 292 Å². The van der Waals surface area contributed by atoms with Gasteiger partial charge in [-0.25, -0.2) is 0 Å². The number of para-hydroxylation sites is 2. The molecule has 7 aromatic carbocycles. The number of nitrogens with zero attached hydrogens (tertiary/aromatic N) is 11. The number of H-pyrrole nitrogens is 2. The quantitative estimate of drug-likeness (QED) is 0.0162. The third-order valence-electron chi connectivity index (χ3n) is 25.2. The summed E-state index contributed by atoms with van der Waals surface area (Å²) < 4.78 is 0. The Kier molecular flexibility index (Phi) is 44.2. The molecule has 9 rings (SSSR count). The van der Waals surface area contributed by atoms with E-state index in [1.807, 2.05) is 152 Å². The molecule has 0 bridgehead atoms. The first-order valence-corrected chi connectivity index (χ1v) is 47.8. The topological polar surface area (TPSA) is 440 Å². The summed E-state index contributed by atoms with van der Waals surface area (Å²) in [6.45, 7) is 5.17. The predicted octanol–water partition coefficient (Wildman–Crippen LogP) is 8.12. The van der Waals surface area contributed by atoms with Crippen molar-refractivity contribution < 1.29 is 57.5 Å². The van der Waals surface area contributed by atoms with Crippen LogP contribution in [0.4, 0.5) is 0 Å². The van der Waals surface area contributed by atoms with Crippen molar-refractivity contribution in [3.63, 3.8) is 0 Å². The molecule has 730 valence electrons. The van der Waals surface area contributed by atoms with Gasteiger partial charge in [0.25, 0.3) is 0 Å². The highest BCUT2D eigenvalue weighted by atomic mass is 16.2. The minimum Gasteiger partial charge on any atom is -0.368 e. The number of aromatic nitrogens is 2. The molecule has 0 saturated heterocycles. The smallest absolute Gasteiger partial charge is 0.243 e. The van der Waals surface area contributed by atoms with Crippen LogP contribution in [0.2, 0.25) is 0 Å². The maximum Gasteiger partial charge on any atom is 0.243 e. The maximum absolute atomic E-state index is 16.0. The number of aromatic amines is 2. The van der Waals surface area contributed by atoms with E-state index in [0.717, 1.165) is 51.3 Å². The van der Waals surface area contributed by atoms with E-state index in [1.165, 1.54) is 53.9 Å². The molecule has 0 spiro atoms. The van der Waals surface area contributed by atoms with Gasteiger partial charge >= 0.3 is 0 Å². The number of rotatable bonds is 60. The van der Waals surface area contributed by atoms with Gasteiger partial charge in [0.2, 0.25) is 70.9 Å². The van der Waals surface area contributed by atoms with Crippen LogP contribution in [-0.2, 0) is 70.4 Å². The van der Waals surface area contributed by atoms with Crippen LogP contribution in [0, 0.1) is 0 Å². The fourth-order valence-electron chi connectivity index (χ4n) is 16.9. The number of carbonyl (C=O) groups excluding carboxylic acids is 12. The van der Waals surface area contributed by atoms with Crippen molar-refractivity contribution in [2.75, 3.05) is 157 Å². The van der Waals surface area contributed by atoms with E-state index >= 15 is 43.2 Å². The molecular formula is C104H142N20O12. The molecule has 136 heavy (non-hydrogen) atoms. The van der Waals surface area contributed by atoms with Gasteiger partial charge < -0.3 is 104 Å². The first-order chi connectivity index (χ1) is 65.8. The zero-order chi connectivity index (χ0) is 97.8. The molecule has 15 N–H and O–H groups in total. The van der Waals surface area contributed by atoms with E-state index in [0.29, 0.717) is 99.6 Å². The van der Waals surface area contributed by atoms with Gasteiger partial charge in [-0.15, -0.1) is 0 Å². The van der Waals surface area contributed by atoms with Gasteiger partial charge in [-0.2, -0.15) is 0 Å². The second kappa shape index (κ2) is 56.4. The largest absolute Gasteiger partial charge is 0.368 e. The van der Waals surface area contributed by atoms with E-state index in [-0.39, 0.29) is 84.4 Å². The molecule has 0 unspecified atom stereocenters. The lowest BCUT2D eigenvalue weighted by Gasteiger charge is -2.37. The Morgan fingerprint density at radius 3 is 0.779 bits per heavy atom. The normalized spacial score (nSPS) is 12.3. The molecule has 0 aliphatic rings. The molecule has 5 atom stereocenters. The molecule has 32 nitrogen and oxygen atoms in total. The van der Waals surface area contributed by atoms with Crippen molar-refractivity contribution in [2.45, 2.75) is 142 Å². The first kappa shape index (κ1) is 107. The van der Waals surface area contributed by atoms with E-state index in [4.69, 9.17) is 34.4 Å². The van der Waals surface area contributed by atoms with Gasteiger partial charge in [0.1, 0.15) is 26.2 Å². The van der Waals surface area contributed by atoms with Gasteiger partial charge in [-0.1, -0.05) is 188 Å². The number of nitrogens with two attached hydrogens (primary N) is 6. The second-order valence-electron chi connectivity index (χ2n) is 34.8. The number of carbonyl (C=O) groups is 12. The van der Waals surface area contributed by atoms with Gasteiger partial charge in [0.05, 0.1) is 82.6 Å². The summed E-state index contributed by atoms with van der Waals surface area (Å²) in [6, 6.07) is 57.0. The summed E-state index contributed by atoms with van der Waals surface area (Å²) >= 11 is 0. The van der Waals surface area contributed by atoms with E-state index < -0.39 is 161 Å². The number of hydrogen-bond donors (Lipinski definition) is 9. The standard InChI is InChI=1S/C104H142N20O12/c1-77(82-35-11-6-12-36-82)120(66-93(110)125)103(135)75-123(80(4)85-41-17-9-18-42-85)102(134)72-117(60-34-29-55-109)99(131)73-121(78(2)83-37-13-7-14-38-83)100(132)70-115(58-32-27-53-107)95(127)67-114(57-31-26-52-106)98(130)74-122(79(3)84-39-15-8-16-40-84)104(136)76-124(81(5)86-43-19-10-20-44-86)101(133)71-116(59-33-28-54-108)96(128)69-119(62-50-88-64-113-92-48-24-22-46-90(88)92)97(129)68-118(94(126)65-111-56-30-25-51-105)61-49-87-63-112-91-47-23-21-45-89(87)91/h6-24,35-48,63-64,77-81,111-113H,25-34,49-62,65-76,105-109H2,1-5H3,(H2,110,125)/t77-,78-,79-,80-,81-/m0/s1. The molecular weight excluding hydrogens is 1720 g/mol. The van der Waals surface area contributed by atoms with Crippen LogP contribution in [0.25, 0.3) is 21.8 Å². The number of amides is 12. The van der Waals surface area contributed by atoms with Gasteiger partial charge in [0, 0.05) is 73.5 Å². The van der Waals surface area contributed by atoms with Crippen molar-refractivity contribution in [3.05, 3.63) is 252 Å². The average Bonchev–Trinajstić information content (AvgIpc) is 1.32. The Bertz CT molecular complexity index is 5260. The predicted molar refractivity (Wildman–Crippen MR) is 530 cm³/mol. The molecule has 0 fully saturated rings. The summed E-state index contributed by atoms with van der Waals surface area (Å²) in [6.07, 6.45) is 9.19. The van der Waals surface area contributed by atoms with Crippen molar-refractivity contribution in [3.8, 4) is 0 Å². The molecule has 0 aliphatic carbocycles. The fraction of sp³-hybridized carbons (Fsp3) is 0.442. The molecule has 0 saturated carbocycles. The van der Waals surface area contributed by atoms with Crippen LogP contribution in [0.5, 0.6) is 0 Å². The second-order valence-corrected chi connectivity index (χ2v) is 34.8. The monoisotopic (exact) mass is 1860 g/mol. The highest BCUT2D eigenvalue weighted by Crippen LogP contribution is 2.30. The molecule has 0 aliphatic heterocycles. The average molecular weight is 1860 g/mol. The van der Waals surface area contributed by atoms with Crippen LogP contribution >= 0.6 is 0 Å². The van der Waals surface area contributed by atoms with Gasteiger partial charge in [-0.3, -0.25) is 57.5 Å². The highest BCUT2D eigenvalue weighted by Gasteiger charge is 2.38.